The van der Waals surface area contributed by atoms with Gasteiger partial charge in [-0.1, -0.05) is 0 Å². The van der Waals surface area contributed by atoms with Crippen molar-refractivity contribution in [3.63, 3.8) is 0 Å². The molecule has 0 aliphatic heterocycles. The number of nitrogens with one attached hydrogen (secondary N) is 1. The second-order valence-electron chi connectivity index (χ2n) is 4.32. The van der Waals surface area contributed by atoms with Crippen LogP contribution in [0.5, 0.6) is 11.5 Å². The molecule has 0 spiro atoms. The van der Waals surface area contributed by atoms with E-state index in [9.17, 15) is 5.11 Å². The number of benzene rings is 1. The second kappa shape index (κ2) is 5.27. The molecule has 2 N–H and O–H groups in total. The van der Waals surface area contributed by atoms with Crippen molar-refractivity contribution >= 4 is 5.69 Å². The van der Waals surface area contributed by atoms with E-state index in [1.54, 1.807) is 14.2 Å². The largest absolute Gasteiger partial charge is 0.493 e. The smallest absolute Gasteiger partial charge is 0.162 e. The normalized spacial score (nSPS) is 23.5. The molecule has 0 radical (unpaired) electrons. The summed E-state index contributed by atoms with van der Waals surface area (Å²) in [4.78, 5) is 0. The lowest BCUT2D eigenvalue weighted by molar-refractivity contribution is 0.172. The minimum absolute atomic E-state index is 0.146. The molecule has 1 fully saturated rings. The van der Waals surface area contributed by atoms with Crippen molar-refractivity contribution in [3.05, 3.63) is 18.2 Å². The molecule has 1 saturated carbocycles. The SMILES string of the molecule is COc1ccc(N[C@H]2CCC[C@@H]2O)cc1OC. The molecule has 0 saturated heterocycles. The average Bonchev–Trinajstić information content (AvgIpc) is 2.75. The molecule has 1 aromatic carbocycles. The maximum Gasteiger partial charge on any atom is 0.162 e. The van der Waals surface area contributed by atoms with E-state index < -0.39 is 0 Å². The molecule has 4 nitrogen and oxygen atoms in total. The Morgan fingerprint density at radius 3 is 2.53 bits per heavy atom. The van der Waals surface area contributed by atoms with Gasteiger partial charge in [0.25, 0.3) is 0 Å². The molecule has 0 unspecified atom stereocenters. The van der Waals surface area contributed by atoms with Crippen molar-refractivity contribution in [1.29, 1.82) is 0 Å². The first-order valence-corrected chi connectivity index (χ1v) is 5.91. The van der Waals surface area contributed by atoms with Gasteiger partial charge < -0.3 is 19.9 Å². The van der Waals surface area contributed by atoms with Crippen molar-refractivity contribution in [2.75, 3.05) is 19.5 Å². The highest BCUT2D eigenvalue weighted by molar-refractivity contribution is 5.55. The fraction of sp³-hybridized carbons (Fsp3) is 0.538. The zero-order valence-corrected chi connectivity index (χ0v) is 10.3. The number of rotatable bonds is 4. The molecule has 1 aliphatic rings. The highest BCUT2D eigenvalue weighted by Gasteiger charge is 2.24. The van der Waals surface area contributed by atoms with Gasteiger partial charge in [-0.2, -0.15) is 0 Å². The number of aliphatic hydroxyl groups is 1. The number of aliphatic hydroxyl groups excluding tert-OH is 1. The summed E-state index contributed by atoms with van der Waals surface area (Å²) in [5, 5.41) is 13.1. The number of hydrogen-bond donors (Lipinski definition) is 2. The lowest BCUT2D eigenvalue weighted by atomic mass is 10.2. The van der Waals surface area contributed by atoms with Crippen LogP contribution in [0.25, 0.3) is 0 Å². The fourth-order valence-corrected chi connectivity index (χ4v) is 2.25. The minimum Gasteiger partial charge on any atom is -0.493 e. The quantitative estimate of drug-likeness (QED) is 0.841. The number of methoxy groups -OCH3 is 2. The summed E-state index contributed by atoms with van der Waals surface area (Å²) in [6, 6.07) is 5.84. The molecule has 0 amide bonds. The monoisotopic (exact) mass is 237 g/mol. The maximum atomic E-state index is 9.76. The van der Waals surface area contributed by atoms with Crippen LogP contribution in [0.2, 0.25) is 0 Å². The number of ether oxygens (including phenoxy) is 2. The summed E-state index contributed by atoms with van der Waals surface area (Å²) in [5.41, 5.74) is 0.952. The van der Waals surface area contributed by atoms with E-state index in [0.717, 1.165) is 24.9 Å². The summed E-state index contributed by atoms with van der Waals surface area (Å²) in [7, 11) is 3.23. The maximum absolute atomic E-state index is 9.76. The highest BCUT2D eigenvalue weighted by Crippen LogP contribution is 2.31. The molecule has 0 bridgehead atoms. The number of anilines is 1. The zero-order valence-electron chi connectivity index (χ0n) is 10.3. The van der Waals surface area contributed by atoms with Gasteiger partial charge in [-0.15, -0.1) is 0 Å². The van der Waals surface area contributed by atoms with Gasteiger partial charge in [0.15, 0.2) is 11.5 Å². The van der Waals surface area contributed by atoms with Crippen LogP contribution in [0.3, 0.4) is 0 Å². The molecule has 94 valence electrons. The van der Waals surface area contributed by atoms with Crippen molar-refractivity contribution < 1.29 is 14.6 Å². The summed E-state index contributed by atoms with van der Waals surface area (Å²) in [6.45, 7) is 0. The van der Waals surface area contributed by atoms with E-state index in [1.807, 2.05) is 18.2 Å². The van der Waals surface area contributed by atoms with Crippen molar-refractivity contribution in [1.82, 2.24) is 0 Å². The predicted octanol–water partition coefficient (Wildman–Crippen LogP) is 2.03. The topological polar surface area (TPSA) is 50.7 Å². The van der Waals surface area contributed by atoms with E-state index in [2.05, 4.69) is 5.32 Å². The first-order chi connectivity index (χ1) is 8.24. The Balaban J connectivity index is 2.10. The van der Waals surface area contributed by atoms with Crippen LogP contribution < -0.4 is 14.8 Å². The molecule has 4 heteroatoms. The van der Waals surface area contributed by atoms with Crippen LogP contribution in [0.15, 0.2) is 18.2 Å². The standard InChI is InChI=1S/C13H19NO3/c1-16-12-7-6-9(8-13(12)17-2)14-10-4-3-5-11(10)15/h6-8,10-11,14-15H,3-5H2,1-2H3/t10-,11-/m0/s1. The Morgan fingerprint density at radius 1 is 1.18 bits per heavy atom. The van der Waals surface area contributed by atoms with Crippen molar-refractivity contribution in [2.45, 2.75) is 31.4 Å². The van der Waals surface area contributed by atoms with Gasteiger partial charge in [-0.3, -0.25) is 0 Å². The summed E-state index contributed by atoms with van der Waals surface area (Å²) >= 11 is 0. The van der Waals surface area contributed by atoms with Crippen LogP contribution in [0.1, 0.15) is 19.3 Å². The molecule has 2 atom stereocenters. The van der Waals surface area contributed by atoms with Gasteiger partial charge in [-0.05, 0) is 31.4 Å². The van der Waals surface area contributed by atoms with Crippen LogP contribution >= 0.6 is 0 Å². The Labute approximate surface area is 102 Å². The fourth-order valence-electron chi connectivity index (χ4n) is 2.25. The minimum atomic E-state index is -0.247. The van der Waals surface area contributed by atoms with Crippen LogP contribution in [0, 0.1) is 0 Å². The van der Waals surface area contributed by atoms with E-state index in [0.29, 0.717) is 11.5 Å². The lowest BCUT2D eigenvalue weighted by Crippen LogP contribution is -2.27. The summed E-state index contributed by atoms with van der Waals surface area (Å²) in [5.74, 6) is 1.41. The van der Waals surface area contributed by atoms with Gasteiger partial charge in [0.2, 0.25) is 0 Å². The van der Waals surface area contributed by atoms with E-state index in [1.165, 1.54) is 0 Å². The molecule has 1 aromatic rings. The second-order valence-corrected chi connectivity index (χ2v) is 4.32. The molecule has 1 aliphatic carbocycles. The Bertz CT molecular complexity index is 381. The Morgan fingerprint density at radius 2 is 1.94 bits per heavy atom. The van der Waals surface area contributed by atoms with Crippen LogP contribution in [-0.4, -0.2) is 31.5 Å². The highest BCUT2D eigenvalue weighted by atomic mass is 16.5. The van der Waals surface area contributed by atoms with Gasteiger partial charge >= 0.3 is 0 Å². The van der Waals surface area contributed by atoms with Gasteiger partial charge in [0, 0.05) is 11.8 Å². The van der Waals surface area contributed by atoms with Crippen LogP contribution in [-0.2, 0) is 0 Å². The van der Waals surface area contributed by atoms with Gasteiger partial charge in [0.1, 0.15) is 0 Å². The summed E-state index contributed by atoms with van der Waals surface area (Å²) in [6.07, 6.45) is 2.72. The zero-order chi connectivity index (χ0) is 12.3. The van der Waals surface area contributed by atoms with E-state index in [-0.39, 0.29) is 12.1 Å². The van der Waals surface area contributed by atoms with Gasteiger partial charge in [0.05, 0.1) is 26.4 Å². The molecule has 0 aromatic heterocycles. The van der Waals surface area contributed by atoms with Gasteiger partial charge in [-0.25, -0.2) is 0 Å². The first-order valence-electron chi connectivity index (χ1n) is 5.91. The molecule has 2 rings (SSSR count). The van der Waals surface area contributed by atoms with E-state index in [4.69, 9.17) is 9.47 Å². The third-order valence-electron chi connectivity index (χ3n) is 3.22. The van der Waals surface area contributed by atoms with Crippen LogP contribution in [0.4, 0.5) is 5.69 Å². The Hall–Kier alpha value is -1.42. The third kappa shape index (κ3) is 2.64. The molecule has 0 heterocycles. The Kier molecular flexibility index (Phi) is 3.74. The average molecular weight is 237 g/mol. The first kappa shape index (κ1) is 12.0. The number of hydrogen-bond acceptors (Lipinski definition) is 4. The molecule has 17 heavy (non-hydrogen) atoms. The third-order valence-corrected chi connectivity index (χ3v) is 3.22. The van der Waals surface area contributed by atoms with Crippen molar-refractivity contribution in [2.24, 2.45) is 0 Å². The molecular formula is C13H19NO3. The summed E-state index contributed by atoms with van der Waals surface area (Å²) < 4.78 is 10.4. The lowest BCUT2D eigenvalue weighted by Gasteiger charge is -2.18. The predicted molar refractivity (Wildman–Crippen MR) is 66.8 cm³/mol. The molecular weight excluding hydrogens is 218 g/mol. The van der Waals surface area contributed by atoms with E-state index >= 15 is 0 Å². The van der Waals surface area contributed by atoms with Crippen molar-refractivity contribution in [3.8, 4) is 11.5 Å².